The van der Waals surface area contributed by atoms with Crippen LogP contribution in [-0.2, 0) is 6.54 Å². The van der Waals surface area contributed by atoms with E-state index in [2.05, 4.69) is 56.1 Å². The lowest BCUT2D eigenvalue weighted by Gasteiger charge is -2.29. The molecule has 0 atom stereocenters. The molecule has 1 N–H and O–H groups in total. The molecule has 0 aliphatic rings. The van der Waals surface area contributed by atoms with E-state index in [4.69, 9.17) is 11.6 Å². The number of nitrogens with one attached hydrogen (secondary N) is 1. The maximum atomic E-state index is 6.39. The number of halogens is 1. The van der Waals surface area contributed by atoms with Gasteiger partial charge in [0.2, 0.25) is 0 Å². The minimum absolute atomic E-state index is 0.500. The van der Waals surface area contributed by atoms with Crippen LogP contribution in [0.25, 0.3) is 0 Å². The summed E-state index contributed by atoms with van der Waals surface area (Å²) in [6.07, 6.45) is 2.29. The topological polar surface area (TPSA) is 15.3 Å². The predicted octanol–water partition coefficient (Wildman–Crippen LogP) is 4.46. The van der Waals surface area contributed by atoms with Crippen molar-refractivity contribution in [3.63, 3.8) is 0 Å². The van der Waals surface area contributed by atoms with Crippen molar-refractivity contribution in [2.75, 3.05) is 18.0 Å². The van der Waals surface area contributed by atoms with E-state index in [0.717, 1.165) is 37.5 Å². The van der Waals surface area contributed by atoms with Crippen LogP contribution < -0.4 is 10.2 Å². The molecule has 2 nitrogen and oxygen atoms in total. The Labute approximate surface area is 123 Å². The number of benzene rings is 1. The van der Waals surface area contributed by atoms with Crippen molar-refractivity contribution >= 4 is 17.3 Å². The van der Waals surface area contributed by atoms with Gasteiger partial charge in [0.05, 0.1) is 0 Å². The van der Waals surface area contributed by atoms with Crippen molar-refractivity contribution < 1.29 is 0 Å². The minimum atomic E-state index is 0.500. The van der Waals surface area contributed by atoms with Crippen LogP contribution in [0.4, 0.5) is 5.69 Å². The third-order valence-electron chi connectivity index (χ3n) is 3.20. The number of rotatable bonds is 8. The van der Waals surface area contributed by atoms with E-state index >= 15 is 0 Å². The molecule has 0 aromatic heterocycles. The fourth-order valence-electron chi connectivity index (χ4n) is 2.18. The summed E-state index contributed by atoms with van der Waals surface area (Å²) < 4.78 is 0. The standard InChI is InChI=1S/C16H27ClN2/c1-5-9-18-12-14-7-8-15(11-16(14)17)19(10-6-2)13(3)4/h7-8,11,13,18H,5-6,9-10,12H2,1-4H3. The highest BCUT2D eigenvalue weighted by Crippen LogP contribution is 2.25. The van der Waals surface area contributed by atoms with Gasteiger partial charge in [-0.2, -0.15) is 0 Å². The molecule has 1 aromatic carbocycles. The van der Waals surface area contributed by atoms with Gasteiger partial charge in [0.25, 0.3) is 0 Å². The summed E-state index contributed by atoms with van der Waals surface area (Å²) in [5.41, 5.74) is 2.40. The van der Waals surface area contributed by atoms with Gasteiger partial charge in [-0.25, -0.2) is 0 Å². The molecule has 19 heavy (non-hydrogen) atoms. The van der Waals surface area contributed by atoms with Crippen LogP contribution >= 0.6 is 11.6 Å². The molecular formula is C16H27ClN2. The Hall–Kier alpha value is -0.730. The van der Waals surface area contributed by atoms with E-state index in [1.807, 2.05) is 0 Å². The quantitative estimate of drug-likeness (QED) is 0.708. The lowest BCUT2D eigenvalue weighted by atomic mass is 10.1. The number of nitrogens with zero attached hydrogens (tertiary/aromatic N) is 1. The normalized spacial score (nSPS) is 11.1. The van der Waals surface area contributed by atoms with E-state index in [1.54, 1.807) is 0 Å². The molecule has 0 aliphatic heterocycles. The molecule has 0 unspecified atom stereocenters. The minimum Gasteiger partial charge on any atom is -0.369 e. The first-order valence-corrected chi connectivity index (χ1v) is 7.73. The first-order chi connectivity index (χ1) is 9.10. The molecule has 0 spiro atoms. The maximum absolute atomic E-state index is 6.39. The third kappa shape index (κ3) is 5.04. The summed E-state index contributed by atoms with van der Waals surface area (Å²) in [5, 5.41) is 4.25. The largest absolute Gasteiger partial charge is 0.369 e. The molecule has 0 heterocycles. The zero-order valence-corrected chi connectivity index (χ0v) is 13.4. The van der Waals surface area contributed by atoms with Crippen molar-refractivity contribution in [1.29, 1.82) is 0 Å². The van der Waals surface area contributed by atoms with Crippen molar-refractivity contribution in [1.82, 2.24) is 5.32 Å². The monoisotopic (exact) mass is 282 g/mol. The van der Waals surface area contributed by atoms with Crippen molar-refractivity contribution in [3.05, 3.63) is 28.8 Å². The molecule has 3 heteroatoms. The van der Waals surface area contributed by atoms with Gasteiger partial charge in [-0.1, -0.05) is 31.5 Å². The van der Waals surface area contributed by atoms with Gasteiger partial charge in [-0.3, -0.25) is 0 Å². The number of hydrogen-bond acceptors (Lipinski definition) is 2. The average molecular weight is 283 g/mol. The summed E-state index contributed by atoms with van der Waals surface area (Å²) in [6.45, 7) is 11.8. The molecule has 0 radical (unpaired) electrons. The maximum Gasteiger partial charge on any atom is 0.0471 e. The van der Waals surface area contributed by atoms with Gasteiger partial charge >= 0.3 is 0 Å². The van der Waals surface area contributed by atoms with Crippen molar-refractivity contribution in [3.8, 4) is 0 Å². The van der Waals surface area contributed by atoms with Gasteiger partial charge in [0.15, 0.2) is 0 Å². The fourth-order valence-corrected chi connectivity index (χ4v) is 2.43. The van der Waals surface area contributed by atoms with Crippen LogP contribution in [0, 0.1) is 0 Å². The van der Waals surface area contributed by atoms with Crippen molar-refractivity contribution in [2.24, 2.45) is 0 Å². The predicted molar refractivity (Wildman–Crippen MR) is 86.2 cm³/mol. The lowest BCUT2D eigenvalue weighted by molar-refractivity contribution is 0.667. The third-order valence-corrected chi connectivity index (χ3v) is 3.55. The second-order valence-corrected chi connectivity index (χ2v) is 5.65. The molecule has 0 amide bonds. The van der Waals surface area contributed by atoms with Gasteiger partial charge in [-0.15, -0.1) is 0 Å². The van der Waals surface area contributed by atoms with Gasteiger partial charge < -0.3 is 10.2 Å². The molecular weight excluding hydrogens is 256 g/mol. The first kappa shape index (κ1) is 16.3. The molecule has 0 fully saturated rings. The first-order valence-electron chi connectivity index (χ1n) is 7.35. The SMILES string of the molecule is CCCNCc1ccc(N(CCC)C(C)C)cc1Cl. The molecule has 1 aromatic rings. The Balaban J connectivity index is 2.79. The highest BCUT2D eigenvalue weighted by molar-refractivity contribution is 6.31. The Morgan fingerprint density at radius 1 is 1.21 bits per heavy atom. The lowest BCUT2D eigenvalue weighted by Crippen LogP contribution is -2.31. The van der Waals surface area contributed by atoms with Gasteiger partial charge in [-0.05, 0) is 50.9 Å². The highest BCUT2D eigenvalue weighted by atomic mass is 35.5. The Morgan fingerprint density at radius 3 is 2.47 bits per heavy atom. The molecule has 0 aliphatic carbocycles. The van der Waals surface area contributed by atoms with Crippen LogP contribution in [0.2, 0.25) is 5.02 Å². The van der Waals surface area contributed by atoms with Crippen LogP contribution in [0.5, 0.6) is 0 Å². The number of anilines is 1. The van der Waals surface area contributed by atoms with Crippen LogP contribution in [0.3, 0.4) is 0 Å². The summed E-state index contributed by atoms with van der Waals surface area (Å²) in [6, 6.07) is 6.93. The van der Waals surface area contributed by atoms with E-state index in [-0.39, 0.29) is 0 Å². The molecule has 0 saturated carbocycles. The fraction of sp³-hybridized carbons (Fsp3) is 0.625. The Bertz CT molecular complexity index is 377. The summed E-state index contributed by atoms with van der Waals surface area (Å²) in [7, 11) is 0. The molecule has 0 saturated heterocycles. The summed E-state index contributed by atoms with van der Waals surface area (Å²) in [4.78, 5) is 2.40. The smallest absolute Gasteiger partial charge is 0.0471 e. The average Bonchev–Trinajstić information content (AvgIpc) is 2.37. The van der Waals surface area contributed by atoms with E-state index in [1.165, 1.54) is 11.3 Å². The Kier molecular flexibility index (Phi) is 7.25. The van der Waals surface area contributed by atoms with E-state index < -0.39 is 0 Å². The van der Waals surface area contributed by atoms with E-state index in [0.29, 0.717) is 6.04 Å². The van der Waals surface area contributed by atoms with Crippen LogP contribution in [0.1, 0.15) is 46.1 Å². The zero-order valence-electron chi connectivity index (χ0n) is 12.7. The number of hydrogen-bond donors (Lipinski definition) is 1. The molecule has 1 rings (SSSR count). The Morgan fingerprint density at radius 2 is 1.95 bits per heavy atom. The second kappa shape index (κ2) is 8.44. The van der Waals surface area contributed by atoms with Crippen LogP contribution in [-0.4, -0.2) is 19.1 Å². The van der Waals surface area contributed by atoms with Gasteiger partial charge in [0, 0.05) is 29.8 Å². The molecule has 0 bridgehead atoms. The van der Waals surface area contributed by atoms with Crippen molar-refractivity contribution in [2.45, 2.75) is 53.1 Å². The van der Waals surface area contributed by atoms with Gasteiger partial charge in [0.1, 0.15) is 0 Å². The second-order valence-electron chi connectivity index (χ2n) is 5.24. The van der Waals surface area contributed by atoms with Crippen LogP contribution in [0.15, 0.2) is 18.2 Å². The van der Waals surface area contributed by atoms with E-state index in [9.17, 15) is 0 Å². The zero-order chi connectivity index (χ0) is 14.3. The summed E-state index contributed by atoms with van der Waals surface area (Å²) in [5.74, 6) is 0. The highest BCUT2D eigenvalue weighted by Gasteiger charge is 2.11. The molecule has 108 valence electrons. The summed E-state index contributed by atoms with van der Waals surface area (Å²) >= 11 is 6.39.